The van der Waals surface area contributed by atoms with Gasteiger partial charge >= 0.3 is 0 Å². The SMILES string of the molecule is CC[C@H](C)N(CC(=O)Nc1cccc(C)c1C)C(=O)CSc1nnc(C)s1. The number of nitrogens with zero attached hydrogens (tertiary/aromatic N) is 3. The van der Waals surface area contributed by atoms with Gasteiger partial charge in [-0.05, 0) is 51.3 Å². The summed E-state index contributed by atoms with van der Waals surface area (Å²) in [4.78, 5) is 26.9. The molecule has 1 aromatic carbocycles. The third-order valence-electron chi connectivity index (χ3n) is 4.46. The molecule has 2 amide bonds. The Hall–Kier alpha value is -1.93. The number of hydrogen-bond donors (Lipinski definition) is 1. The Morgan fingerprint density at radius 3 is 2.63 bits per heavy atom. The van der Waals surface area contributed by atoms with Crippen LogP contribution in [0.15, 0.2) is 22.5 Å². The van der Waals surface area contributed by atoms with Crippen LogP contribution in [-0.2, 0) is 9.59 Å². The molecule has 0 spiro atoms. The first kappa shape index (κ1) is 21.4. The van der Waals surface area contributed by atoms with Crippen molar-refractivity contribution in [2.75, 3.05) is 17.6 Å². The topological polar surface area (TPSA) is 75.2 Å². The number of aryl methyl sites for hydroxylation is 2. The maximum Gasteiger partial charge on any atom is 0.244 e. The van der Waals surface area contributed by atoms with Crippen molar-refractivity contribution in [3.05, 3.63) is 34.3 Å². The van der Waals surface area contributed by atoms with Crippen LogP contribution in [0.5, 0.6) is 0 Å². The van der Waals surface area contributed by atoms with E-state index in [1.54, 1.807) is 4.90 Å². The second-order valence-electron chi connectivity index (χ2n) is 6.45. The number of carbonyl (C=O) groups excluding carboxylic acids is 2. The lowest BCUT2D eigenvalue weighted by atomic mass is 10.1. The zero-order valence-electron chi connectivity index (χ0n) is 16.4. The minimum atomic E-state index is -0.186. The number of rotatable bonds is 8. The van der Waals surface area contributed by atoms with E-state index in [9.17, 15) is 9.59 Å². The van der Waals surface area contributed by atoms with Gasteiger partial charge in [0.1, 0.15) is 11.6 Å². The van der Waals surface area contributed by atoms with Crippen LogP contribution < -0.4 is 5.32 Å². The summed E-state index contributed by atoms with van der Waals surface area (Å²) in [5, 5.41) is 11.8. The molecule has 27 heavy (non-hydrogen) atoms. The summed E-state index contributed by atoms with van der Waals surface area (Å²) in [6.45, 7) is 9.87. The first-order valence-electron chi connectivity index (χ1n) is 8.90. The standard InChI is InChI=1S/C19H26N4O2S2/c1-6-13(3)23(18(25)11-26-19-22-21-15(5)27-19)10-17(24)20-16-9-7-8-12(2)14(16)4/h7-9,13H,6,10-11H2,1-5H3,(H,20,24)/t13-/m0/s1. The minimum Gasteiger partial charge on any atom is -0.330 e. The van der Waals surface area contributed by atoms with Gasteiger partial charge in [-0.3, -0.25) is 9.59 Å². The Balaban J connectivity index is 2.01. The predicted octanol–water partition coefficient (Wildman–Crippen LogP) is 3.82. The van der Waals surface area contributed by atoms with Crippen LogP contribution in [0.2, 0.25) is 0 Å². The van der Waals surface area contributed by atoms with Crippen molar-refractivity contribution in [2.45, 2.75) is 51.4 Å². The first-order valence-corrected chi connectivity index (χ1v) is 10.7. The fraction of sp³-hybridized carbons (Fsp3) is 0.474. The summed E-state index contributed by atoms with van der Waals surface area (Å²) in [6.07, 6.45) is 0.783. The van der Waals surface area contributed by atoms with Gasteiger partial charge < -0.3 is 10.2 Å². The Kier molecular flexibility index (Phi) is 7.79. The van der Waals surface area contributed by atoms with Gasteiger partial charge in [-0.25, -0.2) is 0 Å². The molecule has 0 aliphatic rings. The summed E-state index contributed by atoms with van der Waals surface area (Å²) < 4.78 is 0.768. The molecule has 0 aliphatic carbocycles. The van der Waals surface area contributed by atoms with Crippen molar-refractivity contribution in [3.8, 4) is 0 Å². The molecule has 0 bridgehead atoms. The van der Waals surface area contributed by atoms with Crippen molar-refractivity contribution in [1.82, 2.24) is 15.1 Å². The van der Waals surface area contributed by atoms with Gasteiger partial charge in [-0.15, -0.1) is 10.2 Å². The molecular weight excluding hydrogens is 380 g/mol. The lowest BCUT2D eigenvalue weighted by molar-refractivity contribution is -0.134. The largest absolute Gasteiger partial charge is 0.330 e. The number of carbonyl (C=O) groups is 2. The molecule has 8 heteroatoms. The van der Waals surface area contributed by atoms with Gasteiger partial charge in [0.25, 0.3) is 0 Å². The summed E-state index contributed by atoms with van der Waals surface area (Å²) in [5.74, 6) is -0.0113. The molecule has 0 radical (unpaired) electrons. The number of nitrogens with one attached hydrogen (secondary N) is 1. The number of anilines is 1. The van der Waals surface area contributed by atoms with E-state index in [0.717, 1.165) is 32.6 Å². The fourth-order valence-electron chi connectivity index (χ4n) is 2.48. The van der Waals surface area contributed by atoms with Crippen LogP contribution in [0, 0.1) is 20.8 Å². The summed E-state index contributed by atoms with van der Waals surface area (Å²) in [5.41, 5.74) is 2.94. The highest BCUT2D eigenvalue weighted by molar-refractivity contribution is 8.01. The summed E-state index contributed by atoms with van der Waals surface area (Å²) in [6, 6.07) is 5.78. The quantitative estimate of drug-likeness (QED) is 0.675. The number of hydrogen-bond acceptors (Lipinski definition) is 6. The number of thioether (sulfide) groups is 1. The Morgan fingerprint density at radius 1 is 1.26 bits per heavy atom. The van der Waals surface area contributed by atoms with Crippen molar-refractivity contribution < 1.29 is 9.59 Å². The summed E-state index contributed by atoms with van der Waals surface area (Å²) >= 11 is 2.83. The third-order valence-corrected chi connectivity index (χ3v) is 6.42. The summed E-state index contributed by atoms with van der Waals surface area (Å²) in [7, 11) is 0. The predicted molar refractivity (Wildman–Crippen MR) is 111 cm³/mol. The average Bonchev–Trinajstić information content (AvgIpc) is 3.06. The molecule has 1 heterocycles. The molecule has 1 atom stereocenters. The van der Waals surface area contributed by atoms with E-state index in [1.807, 2.05) is 52.8 Å². The van der Waals surface area contributed by atoms with E-state index in [-0.39, 0.29) is 30.2 Å². The second-order valence-corrected chi connectivity index (χ2v) is 8.85. The van der Waals surface area contributed by atoms with Gasteiger partial charge in [0.2, 0.25) is 11.8 Å². The van der Waals surface area contributed by atoms with Gasteiger partial charge in [0.15, 0.2) is 4.34 Å². The molecule has 2 rings (SSSR count). The average molecular weight is 407 g/mol. The highest BCUT2D eigenvalue weighted by Crippen LogP contribution is 2.23. The van der Waals surface area contributed by atoms with Crippen molar-refractivity contribution in [2.24, 2.45) is 0 Å². The Labute approximate surface area is 168 Å². The van der Waals surface area contributed by atoms with Crippen LogP contribution in [0.3, 0.4) is 0 Å². The Morgan fingerprint density at radius 2 is 2.00 bits per heavy atom. The van der Waals surface area contributed by atoms with Crippen LogP contribution in [0.25, 0.3) is 0 Å². The maximum atomic E-state index is 12.7. The second kappa shape index (κ2) is 9.85. The normalized spacial score (nSPS) is 11.9. The van der Waals surface area contributed by atoms with Crippen molar-refractivity contribution >= 4 is 40.6 Å². The van der Waals surface area contributed by atoms with Gasteiger partial charge in [0, 0.05) is 11.7 Å². The number of aromatic nitrogens is 2. The monoisotopic (exact) mass is 406 g/mol. The van der Waals surface area contributed by atoms with E-state index in [4.69, 9.17) is 0 Å². The van der Waals surface area contributed by atoms with E-state index in [2.05, 4.69) is 15.5 Å². The third kappa shape index (κ3) is 6.04. The van der Waals surface area contributed by atoms with Gasteiger partial charge in [-0.2, -0.15) is 0 Å². The highest BCUT2D eigenvalue weighted by Gasteiger charge is 2.22. The van der Waals surface area contributed by atoms with Gasteiger partial charge in [0.05, 0.1) is 5.75 Å². The molecule has 0 saturated heterocycles. The first-order chi connectivity index (χ1) is 12.8. The Bertz CT molecular complexity index is 807. The lowest BCUT2D eigenvalue weighted by Crippen LogP contribution is -2.44. The van der Waals surface area contributed by atoms with Crippen LogP contribution in [0.1, 0.15) is 36.4 Å². The molecule has 146 valence electrons. The molecule has 2 aromatic rings. The molecule has 1 aromatic heterocycles. The van der Waals surface area contributed by atoms with Crippen LogP contribution in [0.4, 0.5) is 5.69 Å². The molecule has 0 unspecified atom stereocenters. The van der Waals surface area contributed by atoms with Gasteiger partial charge in [-0.1, -0.05) is 42.2 Å². The van der Waals surface area contributed by atoms with Crippen molar-refractivity contribution in [1.29, 1.82) is 0 Å². The highest BCUT2D eigenvalue weighted by atomic mass is 32.2. The smallest absolute Gasteiger partial charge is 0.244 e. The molecule has 0 saturated carbocycles. The van der Waals surface area contributed by atoms with E-state index in [0.29, 0.717) is 0 Å². The van der Waals surface area contributed by atoms with Crippen molar-refractivity contribution in [3.63, 3.8) is 0 Å². The molecule has 0 fully saturated rings. The molecule has 0 aliphatic heterocycles. The minimum absolute atomic E-state index is 0.0152. The molecule has 1 N–H and O–H groups in total. The zero-order chi connectivity index (χ0) is 20.0. The van der Waals surface area contributed by atoms with E-state index >= 15 is 0 Å². The number of amides is 2. The van der Waals surface area contributed by atoms with E-state index in [1.165, 1.54) is 23.1 Å². The molecule has 6 nitrogen and oxygen atoms in total. The maximum absolute atomic E-state index is 12.7. The van der Waals surface area contributed by atoms with E-state index < -0.39 is 0 Å². The van der Waals surface area contributed by atoms with Crippen LogP contribution in [-0.4, -0.2) is 45.3 Å². The number of benzene rings is 1. The zero-order valence-corrected chi connectivity index (χ0v) is 18.0. The lowest BCUT2D eigenvalue weighted by Gasteiger charge is -2.28. The fourth-order valence-corrected chi connectivity index (χ4v) is 4.19. The molecular formula is C19H26N4O2S2. The van der Waals surface area contributed by atoms with Crippen LogP contribution >= 0.6 is 23.1 Å².